The van der Waals surface area contributed by atoms with Crippen LogP contribution in [0.4, 0.5) is 0 Å². The predicted molar refractivity (Wildman–Crippen MR) is 73.0 cm³/mol. The average Bonchev–Trinajstić information content (AvgIpc) is 2.39. The van der Waals surface area contributed by atoms with Crippen molar-refractivity contribution in [3.63, 3.8) is 0 Å². The highest BCUT2D eigenvalue weighted by molar-refractivity contribution is 5.91. The smallest absolute Gasteiger partial charge is 0.327 e. The highest BCUT2D eigenvalue weighted by Crippen LogP contribution is 2.14. The number of ether oxygens (including phenoxy) is 1. The van der Waals surface area contributed by atoms with Crippen LogP contribution < -0.4 is 0 Å². The monoisotopic (exact) mass is 241 g/mol. The number of aliphatic imine (C=N–C) groups is 1. The first-order chi connectivity index (χ1) is 8.79. The Bertz CT molecular complexity index is 575. The van der Waals surface area contributed by atoms with Crippen molar-refractivity contribution in [2.75, 3.05) is 13.2 Å². The van der Waals surface area contributed by atoms with Crippen LogP contribution in [0.5, 0.6) is 0 Å². The number of fused-ring (bicyclic) bond motifs is 1. The van der Waals surface area contributed by atoms with Crippen molar-refractivity contribution in [1.29, 1.82) is 0 Å². The molecule has 0 saturated carbocycles. The molecule has 3 nitrogen and oxygen atoms in total. The molecule has 0 amide bonds. The van der Waals surface area contributed by atoms with Crippen LogP contribution in [0.15, 0.2) is 47.5 Å². The van der Waals surface area contributed by atoms with Crippen molar-refractivity contribution in [1.82, 2.24) is 0 Å². The Labute approximate surface area is 106 Å². The molecule has 0 N–H and O–H groups in total. The molecule has 0 unspecified atom stereocenters. The highest BCUT2D eigenvalue weighted by atomic mass is 16.5. The van der Waals surface area contributed by atoms with Crippen LogP contribution in [-0.2, 0) is 9.53 Å². The molecule has 0 bridgehead atoms. The van der Waals surface area contributed by atoms with Gasteiger partial charge in [-0.1, -0.05) is 36.4 Å². The number of carbonyl (C=O) groups excluding carboxylic acids is 1. The van der Waals surface area contributed by atoms with E-state index in [1.807, 2.05) is 30.3 Å². The molecule has 2 rings (SSSR count). The summed E-state index contributed by atoms with van der Waals surface area (Å²) >= 11 is 0. The van der Waals surface area contributed by atoms with Gasteiger partial charge in [-0.25, -0.2) is 0 Å². The average molecular weight is 241 g/mol. The van der Waals surface area contributed by atoms with Crippen molar-refractivity contribution in [3.8, 4) is 0 Å². The molecule has 0 aliphatic heterocycles. The lowest BCUT2D eigenvalue weighted by Gasteiger charge is -1.99. The van der Waals surface area contributed by atoms with Gasteiger partial charge in [0.1, 0.15) is 6.54 Å². The van der Waals surface area contributed by atoms with Gasteiger partial charge in [-0.15, -0.1) is 0 Å². The Balaban J connectivity index is 2.07. The zero-order valence-corrected chi connectivity index (χ0v) is 10.3. The van der Waals surface area contributed by atoms with E-state index in [0.29, 0.717) is 6.61 Å². The van der Waals surface area contributed by atoms with E-state index in [1.165, 1.54) is 5.39 Å². The Kier molecular flexibility index (Phi) is 4.07. The molecular weight excluding hydrogens is 226 g/mol. The first-order valence-corrected chi connectivity index (χ1v) is 5.94. The van der Waals surface area contributed by atoms with Crippen molar-refractivity contribution in [3.05, 3.63) is 48.0 Å². The van der Waals surface area contributed by atoms with E-state index >= 15 is 0 Å². The second-order valence-electron chi connectivity index (χ2n) is 3.88. The standard InChI is InChI=1S/C15H15NO2/c1-2-18-15(17)11-16-10-12-7-8-13-5-3-4-6-14(13)9-12/h3-10H,2,11H2,1H3/b16-10-. The molecule has 0 aliphatic carbocycles. The summed E-state index contributed by atoms with van der Waals surface area (Å²) in [5.41, 5.74) is 0.984. The summed E-state index contributed by atoms with van der Waals surface area (Å²) in [7, 11) is 0. The summed E-state index contributed by atoms with van der Waals surface area (Å²) in [6, 6.07) is 14.2. The molecule has 0 aromatic heterocycles. The van der Waals surface area contributed by atoms with Crippen molar-refractivity contribution in [2.24, 2.45) is 4.99 Å². The van der Waals surface area contributed by atoms with E-state index in [1.54, 1.807) is 13.1 Å². The van der Waals surface area contributed by atoms with E-state index in [-0.39, 0.29) is 12.5 Å². The lowest BCUT2D eigenvalue weighted by Crippen LogP contribution is -2.07. The fraction of sp³-hybridized carbons (Fsp3) is 0.200. The number of nitrogens with zero attached hydrogens (tertiary/aromatic N) is 1. The number of esters is 1. The molecular formula is C15H15NO2. The topological polar surface area (TPSA) is 38.7 Å². The summed E-state index contributed by atoms with van der Waals surface area (Å²) in [5, 5.41) is 2.36. The number of rotatable bonds is 4. The molecule has 18 heavy (non-hydrogen) atoms. The molecule has 0 atom stereocenters. The van der Waals surface area contributed by atoms with E-state index in [4.69, 9.17) is 4.74 Å². The van der Waals surface area contributed by atoms with Gasteiger partial charge in [-0.2, -0.15) is 0 Å². The lowest BCUT2D eigenvalue weighted by molar-refractivity contribution is -0.141. The Morgan fingerprint density at radius 3 is 2.78 bits per heavy atom. The first kappa shape index (κ1) is 12.3. The normalized spacial score (nSPS) is 10.9. The maximum absolute atomic E-state index is 11.1. The predicted octanol–water partition coefficient (Wildman–Crippen LogP) is 2.82. The van der Waals surface area contributed by atoms with E-state index in [2.05, 4.69) is 17.1 Å². The van der Waals surface area contributed by atoms with Crippen LogP contribution in [0, 0.1) is 0 Å². The third-order valence-corrected chi connectivity index (χ3v) is 2.54. The van der Waals surface area contributed by atoms with Crippen LogP contribution >= 0.6 is 0 Å². The summed E-state index contributed by atoms with van der Waals surface area (Å²) in [6.07, 6.45) is 1.70. The van der Waals surface area contributed by atoms with Crippen LogP contribution in [0.25, 0.3) is 10.8 Å². The van der Waals surface area contributed by atoms with Gasteiger partial charge in [-0.05, 0) is 29.3 Å². The molecule has 0 spiro atoms. The fourth-order valence-electron chi connectivity index (χ4n) is 1.72. The van der Waals surface area contributed by atoms with Crippen LogP contribution in [0.1, 0.15) is 12.5 Å². The minimum absolute atomic E-state index is 0.0701. The zero-order valence-electron chi connectivity index (χ0n) is 10.3. The zero-order chi connectivity index (χ0) is 12.8. The molecule has 3 heteroatoms. The molecule has 0 radical (unpaired) electrons. The number of hydrogen-bond acceptors (Lipinski definition) is 3. The second kappa shape index (κ2) is 5.96. The molecule has 0 saturated heterocycles. The number of benzene rings is 2. The lowest BCUT2D eigenvalue weighted by atomic mass is 10.1. The number of carbonyl (C=O) groups is 1. The van der Waals surface area contributed by atoms with Gasteiger partial charge in [-0.3, -0.25) is 9.79 Å². The molecule has 2 aromatic rings. The summed E-state index contributed by atoms with van der Waals surface area (Å²) in [4.78, 5) is 15.2. The minimum Gasteiger partial charge on any atom is -0.465 e. The van der Waals surface area contributed by atoms with Gasteiger partial charge in [0.15, 0.2) is 0 Å². The summed E-state index contributed by atoms with van der Waals surface area (Å²) in [6.45, 7) is 2.25. The van der Waals surface area contributed by atoms with Gasteiger partial charge in [0, 0.05) is 6.21 Å². The van der Waals surface area contributed by atoms with Crippen molar-refractivity contribution >= 4 is 23.0 Å². The Hall–Kier alpha value is -2.16. The third-order valence-electron chi connectivity index (χ3n) is 2.54. The van der Waals surface area contributed by atoms with E-state index in [0.717, 1.165) is 10.9 Å². The minimum atomic E-state index is -0.297. The van der Waals surface area contributed by atoms with Gasteiger partial charge < -0.3 is 4.74 Å². The highest BCUT2D eigenvalue weighted by Gasteiger charge is 1.97. The molecule has 2 aromatic carbocycles. The van der Waals surface area contributed by atoms with Crippen LogP contribution in [0.2, 0.25) is 0 Å². The largest absolute Gasteiger partial charge is 0.465 e. The second-order valence-corrected chi connectivity index (χ2v) is 3.88. The van der Waals surface area contributed by atoms with E-state index < -0.39 is 0 Å². The summed E-state index contributed by atoms with van der Waals surface area (Å²) in [5.74, 6) is -0.297. The molecule has 92 valence electrons. The van der Waals surface area contributed by atoms with Crippen molar-refractivity contribution < 1.29 is 9.53 Å². The van der Waals surface area contributed by atoms with Crippen LogP contribution in [0.3, 0.4) is 0 Å². The van der Waals surface area contributed by atoms with Crippen molar-refractivity contribution in [2.45, 2.75) is 6.92 Å². The van der Waals surface area contributed by atoms with Crippen LogP contribution in [-0.4, -0.2) is 25.3 Å². The van der Waals surface area contributed by atoms with E-state index in [9.17, 15) is 4.79 Å². The molecule has 0 aliphatic rings. The maximum Gasteiger partial charge on any atom is 0.327 e. The fourth-order valence-corrected chi connectivity index (χ4v) is 1.72. The Morgan fingerprint density at radius 1 is 1.22 bits per heavy atom. The Morgan fingerprint density at radius 2 is 2.00 bits per heavy atom. The van der Waals surface area contributed by atoms with Gasteiger partial charge in [0.05, 0.1) is 6.61 Å². The number of hydrogen-bond donors (Lipinski definition) is 0. The molecule has 0 heterocycles. The van der Waals surface area contributed by atoms with Gasteiger partial charge in [0.25, 0.3) is 0 Å². The summed E-state index contributed by atoms with van der Waals surface area (Å²) < 4.78 is 4.80. The quantitative estimate of drug-likeness (QED) is 0.610. The molecule has 0 fully saturated rings. The maximum atomic E-state index is 11.1. The van der Waals surface area contributed by atoms with Gasteiger partial charge in [0.2, 0.25) is 0 Å². The van der Waals surface area contributed by atoms with Gasteiger partial charge >= 0.3 is 5.97 Å². The third kappa shape index (κ3) is 3.17. The first-order valence-electron chi connectivity index (χ1n) is 5.94. The SMILES string of the molecule is CCOC(=O)C/N=C\c1ccc2ccccc2c1.